The molecule has 13 heavy (non-hydrogen) atoms. The van der Waals surface area contributed by atoms with Gasteiger partial charge in [-0.1, -0.05) is 18.2 Å². The van der Waals surface area contributed by atoms with E-state index in [1.165, 1.54) is 0 Å². The second kappa shape index (κ2) is 2.48. The number of para-hydroxylation sites is 1. The summed E-state index contributed by atoms with van der Waals surface area (Å²) in [5.74, 6) is 1.21. The molecule has 3 atom stereocenters. The van der Waals surface area contributed by atoms with E-state index in [1.54, 1.807) is 0 Å². The maximum atomic E-state index is 9.97. The molecular formula is C11H12O2. The van der Waals surface area contributed by atoms with Crippen LogP contribution >= 0.6 is 0 Å². The summed E-state index contributed by atoms with van der Waals surface area (Å²) in [7, 11) is 0. The van der Waals surface area contributed by atoms with Gasteiger partial charge in [-0.15, -0.1) is 0 Å². The van der Waals surface area contributed by atoms with Crippen molar-refractivity contribution in [3.8, 4) is 5.75 Å². The highest BCUT2D eigenvalue weighted by Crippen LogP contribution is 2.47. The van der Waals surface area contributed by atoms with Crippen molar-refractivity contribution >= 4 is 0 Å². The van der Waals surface area contributed by atoms with E-state index in [0.29, 0.717) is 5.92 Å². The highest BCUT2D eigenvalue weighted by molar-refractivity contribution is 5.38. The zero-order valence-corrected chi connectivity index (χ0v) is 7.31. The van der Waals surface area contributed by atoms with Crippen molar-refractivity contribution in [1.82, 2.24) is 0 Å². The minimum absolute atomic E-state index is 0.268. The number of ether oxygens (including phenoxy) is 1. The molecular weight excluding hydrogens is 164 g/mol. The highest BCUT2D eigenvalue weighted by Gasteiger charge is 2.43. The normalized spacial score (nSPS) is 35.3. The molecule has 0 amide bonds. The van der Waals surface area contributed by atoms with E-state index in [2.05, 4.69) is 0 Å². The summed E-state index contributed by atoms with van der Waals surface area (Å²) in [4.78, 5) is 0. The van der Waals surface area contributed by atoms with Gasteiger partial charge in [-0.3, -0.25) is 0 Å². The number of hydrogen-bond donors (Lipinski definition) is 1. The van der Waals surface area contributed by atoms with Crippen molar-refractivity contribution in [2.24, 2.45) is 5.92 Å². The Balaban J connectivity index is 2.06. The van der Waals surface area contributed by atoms with E-state index < -0.39 is 0 Å². The molecule has 1 heterocycles. The van der Waals surface area contributed by atoms with Crippen LogP contribution in [0.5, 0.6) is 5.75 Å². The van der Waals surface area contributed by atoms with E-state index in [9.17, 15) is 5.11 Å². The van der Waals surface area contributed by atoms with Crippen LogP contribution in [-0.2, 0) is 0 Å². The van der Waals surface area contributed by atoms with Gasteiger partial charge in [0, 0.05) is 11.5 Å². The minimum Gasteiger partial charge on any atom is -0.490 e. The smallest absolute Gasteiger partial charge is 0.125 e. The Hall–Kier alpha value is -1.02. The van der Waals surface area contributed by atoms with Crippen LogP contribution in [0.3, 0.4) is 0 Å². The number of benzene rings is 1. The summed E-state index contributed by atoms with van der Waals surface area (Å²) in [6.45, 7) is 0. The first-order valence-corrected chi connectivity index (χ1v) is 4.80. The SMILES string of the molecule is O[C@@H]1c2ccccc2O[C@@H]2CC[C@H]12. The summed E-state index contributed by atoms with van der Waals surface area (Å²) >= 11 is 0. The molecule has 2 aliphatic rings. The molecule has 1 saturated carbocycles. The van der Waals surface area contributed by atoms with E-state index in [0.717, 1.165) is 24.2 Å². The van der Waals surface area contributed by atoms with Gasteiger partial charge in [0.2, 0.25) is 0 Å². The Morgan fingerprint density at radius 3 is 2.85 bits per heavy atom. The topological polar surface area (TPSA) is 29.5 Å². The summed E-state index contributed by atoms with van der Waals surface area (Å²) in [5, 5.41) is 9.97. The Kier molecular flexibility index (Phi) is 1.41. The molecule has 0 spiro atoms. The lowest BCUT2D eigenvalue weighted by molar-refractivity contribution is -0.0600. The molecule has 1 aliphatic carbocycles. The first-order valence-electron chi connectivity index (χ1n) is 4.80. The fraction of sp³-hybridized carbons (Fsp3) is 0.455. The molecule has 3 rings (SSSR count). The van der Waals surface area contributed by atoms with Crippen LogP contribution in [0.1, 0.15) is 24.5 Å². The van der Waals surface area contributed by atoms with Gasteiger partial charge < -0.3 is 9.84 Å². The summed E-state index contributed by atoms with van der Waals surface area (Å²) in [6.07, 6.45) is 2.16. The number of hydrogen-bond acceptors (Lipinski definition) is 2. The Morgan fingerprint density at radius 1 is 1.23 bits per heavy atom. The maximum absolute atomic E-state index is 9.97. The van der Waals surface area contributed by atoms with Crippen molar-refractivity contribution in [1.29, 1.82) is 0 Å². The summed E-state index contributed by atoms with van der Waals surface area (Å²) in [6, 6.07) is 7.79. The second-order valence-electron chi connectivity index (χ2n) is 3.88. The average molecular weight is 176 g/mol. The molecule has 68 valence electrons. The van der Waals surface area contributed by atoms with E-state index in [1.807, 2.05) is 24.3 Å². The van der Waals surface area contributed by atoms with Gasteiger partial charge in [0.05, 0.1) is 6.10 Å². The molecule has 1 N–H and O–H groups in total. The van der Waals surface area contributed by atoms with Gasteiger partial charge >= 0.3 is 0 Å². The first kappa shape index (κ1) is 7.39. The van der Waals surface area contributed by atoms with Crippen LogP contribution in [0.2, 0.25) is 0 Å². The van der Waals surface area contributed by atoms with Crippen LogP contribution in [-0.4, -0.2) is 11.2 Å². The third-order valence-electron chi connectivity index (χ3n) is 3.18. The molecule has 1 fully saturated rings. The molecule has 0 unspecified atom stereocenters. The standard InChI is InChI=1S/C11H12O2/c12-11-7-3-1-2-4-9(7)13-10-6-5-8(10)11/h1-4,8,10-12H,5-6H2/t8-,10+,11+/m0/s1. The van der Waals surface area contributed by atoms with Crippen molar-refractivity contribution in [3.63, 3.8) is 0 Å². The number of aliphatic hydroxyl groups excluding tert-OH is 1. The number of rotatable bonds is 0. The van der Waals surface area contributed by atoms with Gasteiger partial charge in [-0.25, -0.2) is 0 Å². The van der Waals surface area contributed by atoms with Gasteiger partial charge in [0.25, 0.3) is 0 Å². The van der Waals surface area contributed by atoms with Crippen molar-refractivity contribution in [3.05, 3.63) is 29.8 Å². The van der Waals surface area contributed by atoms with Crippen molar-refractivity contribution < 1.29 is 9.84 Å². The lowest BCUT2D eigenvalue weighted by atomic mass is 9.74. The largest absolute Gasteiger partial charge is 0.490 e. The van der Waals surface area contributed by atoms with Crippen LogP contribution in [0.4, 0.5) is 0 Å². The average Bonchev–Trinajstić information content (AvgIpc) is 2.11. The van der Waals surface area contributed by atoms with Crippen LogP contribution in [0, 0.1) is 5.92 Å². The molecule has 1 aromatic rings. The van der Waals surface area contributed by atoms with Crippen molar-refractivity contribution in [2.75, 3.05) is 0 Å². The summed E-state index contributed by atoms with van der Waals surface area (Å²) < 4.78 is 5.74. The van der Waals surface area contributed by atoms with Gasteiger partial charge in [-0.2, -0.15) is 0 Å². The summed E-state index contributed by atoms with van der Waals surface area (Å²) in [5.41, 5.74) is 0.962. The van der Waals surface area contributed by atoms with Gasteiger partial charge in [0.15, 0.2) is 0 Å². The molecule has 1 aliphatic heterocycles. The third-order valence-corrected chi connectivity index (χ3v) is 3.18. The third kappa shape index (κ3) is 0.923. The van der Waals surface area contributed by atoms with Gasteiger partial charge in [-0.05, 0) is 18.9 Å². The highest BCUT2D eigenvalue weighted by atomic mass is 16.5. The van der Waals surface area contributed by atoms with Crippen LogP contribution < -0.4 is 4.74 Å². The Labute approximate surface area is 77.2 Å². The zero-order valence-electron chi connectivity index (χ0n) is 7.31. The lowest BCUT2D eigenvalue weighted by Crippen LogP contribution is -2.43. The fourth-order valence-corrected chi connectivity index (χ4v) is 2.23. The maximum Gasteiger partial charge on any atom is 0.125 e. The fourth-order valence-electron chi connectivity index (χ4n) is 2.23. The minimum atomic E-state index is -0.302. The Morgan fingerprint density at radius 2 is 2.08 bits per heavy atom. The lowest BCUT2D eigenvalue weighted by Gasteiger charge is -2.44. The molecule has 0 aromatic heterocycles. The zero-order chi connectivity index (χ0) is 8.84. The Bertz CT molecular complexity index is 335. The monoisotopic (exact) mass is 176 g/mol. The van der Waals surface area contributed by atoms with E-state index >= 15 is 0 Å². The quantitative estimate of drug-likeness (QED) is 0.654. The number of fused-ring (bicyclic) bond motifs is 2. The first-order chi connectivity index (χ1) is 6.36. The molecule has 0 radical (unpaired) electrons. The van der Waals surface area contributed by atoms with Gasteiger partial charge in [0.1, 0.15) is 11.9 Å². The molecule has 1 aromatic carbocycles. The molecule has 2 heteroatoms. The molecule has 0 saturated heterocycles. The number of aliphatic hydroxyl groups is 1. The predicted molar refractivity (Wildman–Crippen MR) is 48.5 cm³/mol. The molecule has 0 bridgehead atoms. The van der Waals surface area contributed by atoms with Crippen LogP contribution in [0.25, 0.3) is 0 Å². The van der Waals surface area contributed by atoms with E-state index in [-0.39, 0.29) is 12.2 Å². The van der Waals surface area contributed by atoms with E-state index in [4.69, 9.17) is 4.74 Å². The van der Waals surface area contributed by atoms with Crippen LogP contribution in [0.15, 0.2) is 24.3 Å². The second-order valence-corrected chi connectivity index (χ2v) is 3.88. The molecule has 2 nitrogen and oxygen atoms in total. The van der Waals surface area contributed by atoms with Crippen molar-refractivity contribution in [2.45, 2.75) is 25.0 Å². The predicted octanol–water partition coefficient (Wildman–Crippen LogP) is 1.89.